The van der Waals surface area contributed by atoms with Crippen LogP contribution < -0.4 is 10.8 Å². The van der Waals surface area contributed by atoms with Crippen LogP contribution in [0, 0.1) is 12.7 Å². The van der Waals surface area contributed by atoms with Gasteiger partial charge >= 0.3 is 5.91 Å². The lowest BCUT2D eigenvalue weighted by Crippen LogP contribution is -2.30. The molecule has 3 heterocycles. The quantitative estimate of drug-likeness (QED) is 0.490. The van der Waals surface area contributed by atoms with E-state index in [2.05, 4.69) is 15.8 Å². The first kappa shape index (κ1) is 23.6. The molecule has 1 amide bonds. The normalized spacial score (nSPS) is 17.0. The maximum atomic E-state index is 14.4. The topological polar surface area (TPSA) is 94.9 Å². The van der Waals surface area contributed by atoms with Crippen LogP contribution in [-0.4, -0.2) is 36.0 Å². The Labute approximate surface area is 189 Å². The van der Waals surface area contributed by atoms with Gasteiger partial charge in [0.15, 0.2) is 5.79 Å². The van der Waals surface area contributed by atoms with Crippen molar-refractivity contribution in [1.82, 2.24) is 10.5 Å². The highest BCUT2D eigenvalue weighted by Gasteiger charge is 2.33. The number of benzene rings is 1. The standard InChI is InChI=1S/C21H22FN3O5.C2H6.2H2/c1-12-4-5-16(15(22)8-12)24-18-14-9-23-7-6-17(14)29-19(18)20(26)25-28-11-13-10-27-21(2,3)30-13;1-2;;/h4-9,13,24H,10-11H2,1-3H3,(H,25,26);1-2H3;2*1H/t13-;;;/m1.../s1. The lowest BCUT2D eigenvalue weighted by atomic mass is 10.2. The van der Waals surface area contributed by atoms with Gasteiger partial charge in [0.25, 0.3) is 0 Å². The molecule has 1 saturated heterocycles. The molecule has 4 rings (SSSR count). The first-order chi connectivity index (χ1) is 15.3. The van der Waals surface area contributed by atoms with Gasteiger partial charge in [-0.05, 0) is 44.5 Å². The van der Waals surface area contributed by atoms with E-state index in [1.165, 1.54) is 12.3 Å². The number of anilines is 2. The number of carbonyl (C=O) groups is 1. The second kappa shape index (κ2) is 10.1. The van der Waals surface area contributed by atoms with Gasteiger partial charge in [-0.25, -0.2) is 9.87 Å². The number of aryl methyl sites for hydroxylation is 1. The van der Waals surface area contributed by atoms with Crippen LogP contribution in [0.3, 0.4) is 0 Å². The molecule has 3 aromatic rings. The lowest BCUT2D eigenvalue weighted by molar-refractivity contribution is -0.147. The van der Waals surface area contributed by atoms with E-state index >= 15 is 0 Å². The van der Waals surface area contributed by atoms with Crippen LogP contribution in [0.2, 0.25) is 0 Å². The molecule has 8 nitrogen and oxygen atoms in total. The monoisotopic (exact) mass is 449 g/mol. The average molecular weight is 450 g/mol. The van der Waals surface area contributed by atoms with E-state index in [0.29, 0.717) is 23.3 Å². The molecule has 1 aliphatic heterocycles. The van der Waals surface area contributed by atoms with E-state index in [1.54, 1.807) is 45.2 Å². The van der Waals surface area contributed by atoms with Crippen molar-refractivity contribution in [1.29, 1.82) is 0 Å². The zero-order valence-electron chi connectivity index (χ0n) is 18.8. The summed E-state index contributed by atoms with van der Waals surface area (Å²) in [6.45, 7) is 9.86. The molecule has 0 saturated carbocycles. The highest BCUT2D eigenvalue weighted by atomic mass is 19.1. The maximum absolute atomic E-state index is 14.4. The van der Waals surface area contributed by atoms with Gasteiger partial charge in [0.2, 0.25) is 5.76 Å². The number of nitrogens with zero attached hydrogens (tertiary/aromatic N) is 1. The third-order valence-electron chi connectivity index (χ3n) is 4.58. The number of nitrogens with one attached hydrogen (secondary N) is 2. The molecule has 1 atom stereocenters. The van der Waals surface area contributed by atoms with Gasteiger partial charge in [0, 0.05) is 15.2 Å². The van der Waals surface area contributed by atoms with Gasteiger partial charge in [-0.1, -0.05) is 19.9 Å². The Bertz CT molecular complexity index is 1090. The van der Waals surface area contributed by atoms with Crippen molar-refractivity contribution < 1.29 is 30.8 Å². The number of furan rings is 1. The van der Waals surface area contributed by atoms with E-state index in [1.807, 2.05) is 13.8 Å². The van der Waals surface area contributed by atoms with Crippen molar-refractivity contribution in [3.63, 3.8) is 0 Å². The minimum absolute atomic E-state index is 0. The number of carbonyl (C=O) groups excluding carboxylic acids is 1. The van der Waals surface area contributed by atoms with Crippen molar-refractivity contribution in [3.05, 3.63) is 53.8 Å². The van der Waals surface area contributed by atoms with Crippen LogP contribution in [0.4, 0.5) is 15.8 Å². The predicted octanol–water partition coefficient (Wildman–Crippen LogP) is 5.35. The number of hydrogen-bond acceptors (Lipinski definition) is 7. The first-order valence-electron chi connectivity index (χ1n) is 10.5. The summed E-state index contributed by atoms with van der Waals surface area (Å²) in [7, 11) is 0. The molecular weight excluding hydrogens is 417 g/mol. The molecular formula is C23H32FN3O5. The van der Waals surface area contributed by atoms with Gasteiger partial charge in [-0.15, -0.1) is 0 Å². The van der Waals surface area contributed by atoms with Gasteiger partial charge in [-0.2, -0.15) is 0 Å². The molecule has 0 spiro atoms. The Morgan fingerprint density at radius 1 is 1.34 bits per heavy atom. The first-order valence-corrected chi connectivity index (χ1v) is 10.5. The van der Waals surface area contributed by atoms with E-state index in [9.17, 15) is 9.18 Å². The number of hydroxylamine groups is 1. The third kappa shape index (κ3) is 5.42. The number of rotatable bonds is 6. The summed E-state index contributed by atoms with van der Waals surface area (Å²) in [5.74, 6) is -1.81. The van der Waals surface area contributed by atoms with Gasteiger partial charge in [-0.3, -0.25) is 14.6 Å². The molecule has 2 N–H and O–H groups in total. The smallest absolute Gasteiger partial charge is 0.312 e. The third-order valence-corrected chi connectivity index (χ3v) is 4.58. The summed E-state index contributed by atoms with van der Waals surface area (Å²) in [6.07, 6.45) is 2.77. The van der Waals surface area contributed by atoms with Crippen LogP contribution in [0.1, 0.15) is 46.7 Å². The summed E-state index contributed by atoms with van der Waals surface area (Å²) < 4.78 is 31.1. The number of pyridine rings is 1. The van der Waals surface area contributed by atoms with Crippen molar-refractivity contribution in [2.24, 2.45) is 0 Å². The van der Waals surface area contributed by atoms with Crippen LogP contribution in [0.15, 0.2) is 41.1 Å². The Morgan fingerprint density at radius 3 is 2.81 bits per heavy atom. The highest BCUT2D eigenvalue weighted by Crippen LogP contribution is 2.33. The van der Waals surface area contributed by atoms with E-state index in [0.717, 1.165) is 5.56 Å². The lowest BCUT2D eigenvalue weighted by Gasteiger charge is -2.16. The molecule has 1 aliphatic rings. The van der Waals surface area contributed by atoms with Crippen LogP contribution in [-0.2, 0) is 14.3 Å². The number of halogens is 1. The van der Waals surface area contributed by atoms with Crippen molar-refractivity contribution in [2.75, 3.05) is 18.5 Å². The number of ether oxygens (including phenoxy) is 2. The Morgan fingerprint density at radius 2 is 2.12 bits per heavy atom. The van der Waals surface area contributed by atoms with Crippen LogP contribution in [0.5, 0.6) is 0 Å². The molecule has 32 heavy (non-hydrogen) atoms. The number of aromatic nitrogens is 1. The van der Waals surface area contributed by atoms with Gasteiger partial charge in [0.05, 0.1) is 17.7 Å². The fraction of sp³-hybridized carbons (Fsp3) is 0.391. The fourth-order valence-electron chi connectivity index (χ4n) is 3.17. The summed E-state index contributed by atoms with van der Waals surface area (Å²) in [5, 5.41) is 3.48. The number of fused-ring (bicyclic) bond motifs is 1. The molecule has 2 aromatic heterocycles. The minimum Gasteiger partial charge on any atom is -0.448 e. The second-order valence-electron chi connectivity index (χ2n) is 7.48. The molecule has 0 aliphatic carbocycles. The van der Waals surface area contributed by atoms with E-state index < -0.39 is 17.5 Å². The molecule has 9 heteroatoms. The fourth-order valence-corrected chi connectivity index (χ4v) is 3.17. The van der Waals surface area contributed by atoms with Crippen LogP contribution in [0.25, 0.3) is 11.0 Å². The van der Waals surface area contributed by atoms with Crippen LogP contribution >= 0.6 is 0 Å². The zero-order valence-corrected chi connectivity index (χ0v) is 18.8. The molecule has 176 valence electrons. The van der Waals surface area contributed by atoms with E-state index in [4.69, 9.17) is 18.7 Å². The highest BCUT2D eigenvalue weighted by molar-refractivity contribution is 6.06. The molecule has 1 fully saturated rings. The summed E-state index contributed by atoms with van der Waals surface area (Å²) in [5.41, 5.74) is 4.06. The van der Waals surface area contributed by atoms with E-state index in [-0.39, 0.29) is 27.0 Å². The van der Waals surface area contributed by atoms with Crippen molar-refractivity contribution in [3.8, 4) is 0 Å². The molecule has 0 unspecified atom stereocenters. The maximum Gasteiger partial charge on any atom is 0.312 e. The summed E-state index contributed by atoms with van der Waals surface area (Å²) in [6, 6.07) is 6.38. The average Bonchev–Trinajstić information content (AvgIpc) is 3.31. The van der Waals surface area contributed by atoms with Gasteiger partial charge < -0.3 is 19.2 Å². The molecule has 0 radical (unpaired) electrons. The second-order valence-corrected chi connectivity index (χ2v) is 7.48. The summed E-state index contributed by atoms with van der Waals surface area (Å²) in [4.78, 5) is 22.1. The number of amides is 1. The Hall–Kier alpha value is -3.01. The number of hydrogen-bond donors (Lipinski definition) is 2. The Balaban J connectivity index is 0.00000141. The van der Waals surface area contributed by atoms with Gasteiger partial charge in [0.1, 0.15) is 29.8 Å². The zero-order chi connectivity index (χ0) is 23.3. The van der Waals surface area contributed by atoms with Crippen molar-refractivity contribution in [2.45, 2.75) is 46.5 Å². The molecule has 1 aromatic carbocycles. The SMILES string of the molecule is CC.Cc1ccc(Nc2c(C(=O)NOC[C@H]3COC(C)(C)O3)oc3ccncc23)c(F)c1.[HH].[HH]. The Kier molecular flexibility index (Phi) is 7.44. The minimum atomic E-state index is -0.682. The summed E-state index contributed by atoms with van der Waals surface area (Å²) >= 11 is 0. The molecule has 0 bridgehead atoms. The largest absolute Gasteiger partial charge is 0.448 e. The van der Waals surface area contributed by atoms with Crippen molar-refractivity contribution >= 4 is 28.3 Å². The predicted molar refractivity (Wildman–Crippen MR) is 122 cm³/mol.